The van der Waals surface area contributed by atoms with Crippen molar-refractivity contribution >= 4 is 0 Å². The lowest BCUT2D eigenvalue weighted by Gasteiger charge is -2.31. The topological polar surface area (TPSA) is 46.6 Å². The van der Waals surface area contributed by atoms with Gasteiger partial charge in [0, 0.05) is 24.5 Å². The zero-order valence-corrected chi connectivity index (χ0v) is 17.2. The van der Waals surface area contributed by atoms with Crippen molar-refractivity contribution in [2.75, 3.05) is 33.3 Å². The van der Waals surface area contributed by atoms with Crippen molar-refractivity contribution in [2.45, 2.75) is 39.3 Å². The van der Waals surface area contributed by atoms with Crippen LogP contribution in [0.15, 0.2) is 42.7 Å². The summed E-state index contributed by atoms with van der Waals surface area (Å²) < 4.78 is 11.4. The lowest BCUT2D eigenvalue weighted by molar-refractivity contribution is 0.182. The third-order valence-corrected chi connectivity index (χ3v) is 5.35. The van der Waals surface area contributed by atoms with E-state index in [0.717, 1.165) is 36.1 Å². The first-order valence-electron chi connectivity index (χ1n) is 10.4. The number of hydrogen-bond acceptors (Lipinski definition) is 5. The van der Waals surface area contributed by atoms with E-state index < -0.39 is 0 Å². The van der Waals surface area contributed by atoms with E-state index in [1.807, 2.05) is 24.4 Å². The van der Waals surface area contributed by atoms with Crippen LogP contribution in [0.25, 0.3) is 0 Å². The first kappa shape index (κ1) is 20.6. The number of benzene rings is 1. The second-order valence-electron chi connectivity index (χ2n) is 7.55. The van der Waals surface area contributed by atoms with Crippen LogP contribution in [-0.2, 0) is 13.2 Å². The van der Waals surface area contributed by atoms with Gasteiger partial charge >= 0.3 is 0 Å². The summed E-state index contributed by atoms with van der Waals surface area (Å²) in [6.45, 7) is 8.41. The molecule has 1 aromatic heterocycles. The summed E-state index contributed by atoms with van der Waals surface area (Å²) in [4.78, 5) is 6.72. The predicted octanol–water partition coefficient (Wildman–Crippen LogP) is 3.88. The van der Waals surface area contributed by atoms with Gasteiger partial charge in [0.05, 0.1) is 7.11 Å². The van der Waals surface area contributed by atoms with Crippen LogP contribution in [-0.4, -0.2) is 43.2 Å². The Kier molecular flexibility index (Phi) is 8.12. The number of aromatic nitrogens is 1. The van der Waals surface area contributed by atoms with Gasteiger partial charge in [-0.2, -0.15) is 0 Å². The molecule has 3 rings (SSSR count). The number of nitrogens with zero attached hydrogens (tertiary/aromatic N) is 2. The molecule has 1 aromatic carbocycles. The first-order valence-corrected chi connectivity index (χ1v) is 10.4. The molecular weight excluding hydrogens is 350 g/mol. The molecule has 152 valence electrons. The van der Waals surface area contributed by atoms with Gasteiger partial charge in [-0.1, -0.05) is 19.1 Å². The minimum absolute atomic E-state index is 0.484. The molecule has 0 saturated carbocycles. The molecule has 0 spiro atoms. The van der Waals surface area contributed by atoms with Gasteiger partial charge in [-0.05, 0) is 75.1 Å². The molecule has 1 aliphatic heterocycles. The number of methoxy groups -OCH3 is 1. The van der Waals surface area contributed by atoms with E-state index in [-0.39, 0.29) is 0 Å². The van der Waals surface area contributed by atoms with Crippen molar-refractivity contribution < 1.29 is 9.47 Å². The summed E-state index contributed by atoms with van der Waals surface area (Å²) in [5, 5.41) is 3.63. The fourth-order valence-corrected chi connectivity index (χ4v) is 3.74. The summed E-state index contributed by atoms with van der Waals surface area (Å²) in [6.07, 6.45) is 7.45. The summed E-state index contributed by atoms with van der Waals surface area (Å²) in [5.41, 5.74) is 2.26. The van der Waals surface area contributed by atoms with Crippen LogP contribution in [0.2, 0.25) is 0 Å². The molecule has 0 bridgehead atoms. The Hall–Kier alpha value is -2.11. The highest BCUT2D eigenvalue weighted by Crippen LogP contribution is 2.29. The molecular formula is C23H33N3O2. The molecule has 28 heavy (non-hydrogen) atoms. The Bertz CT molecular complexity index is 700. The Morgan fingerprint density at radius 3 is 2.71 bits per heavy atom. The van der Waals surface area contributed by atoms with Crippen LogP contribution in [0, 0.1) is 5.92 Å². The van der Waals surface area contributed by atoms with Gasteiger partial charge in [-0.15, -0.1) is 0 Å². The van der Waals surface area contributed by atoms with Crippen molar-refractivity contribution in [1.29, 1.82) is 0 Å². The van der Waals surface area contributed by atoms with Crippen LogP contribution in [0.5, 0.6) is 11.5 Å². The lowest BCUT2D eigenvalue weighted by Crippen LogP contribution is -2.37. The standard InChI is InChI=1S/C23H33N3O2/c1-3-11-26-12-8-19(9-13-26)15-25-16-20-6-7-22(27-2)23(14-20)28-18-21-5-4-10-24-17-21/h4-7,10,14,17,19,25H,3,8-9,11-13,15-16,18H2,1-2H3. The summed E-state index contributed by atoms with van der Waals surface area (Å²) in [7, 11) is 1.68. The molecule has 5 nitrogen and oxygen atoms in total. The van der Waals surface area contributed by atoms with Crippen LogP contribution >= 0.6 is 0 Å². The molecule has 0 radical (unpaired) electrons. The molecule has 2 aromatic rings. The van der Waals surface area contributed by atoms with Crippen LogP contribution in [0.3, 0.4) is 0 Å². The van der Waals surface area contributed by atoms with Crippen molar-refractivity contribution in [3.8, 4) is 11.5 Å². The van der Waals surface area contributed by atoms with Gasteiger partial charge in [0.2, 0.25) is 0 Å². The van der Waals surface area contributed by atoms with E-state index in [1.54, 1.807) is 13.3 Å². The van der Waals surface area contributed by atoms with Crippen LogP contribution in [0.1, 0.15) is 37.3 Å². The van der Waals surface area contributed by atoms with Crippen molar-refractivity contribution in [2.24, 2.45) is 5.92 Å². The Balaban J connectivity index is 1.47. The summed E-state index contributed by atoms with van der Waals surface area (Å²) >= 11 is 0. The van der Waals surface area contributed by atoms with Crippen molar-refractivity contribution in [1.82, 2.24) is 15.2 Å². The SMILES string of the molecule is CCCN1CCC(CNCc2ccc(OC)c(OCc3cccnc3)c2)CC1. The maximum Gasteiger partial charge on any atom is 0.161 e. The molecule has 1 aliphatic rings. The molecule has 2 heterocycles. The van der Waals surface area contributed by atoms with E-state index in [2.05, 4.69) is 34.3 Å². The largest absolute Gasteiger partial charge is 0.493 e. The Morgan fingerprint density at radius 2 is 2.00 bits per heavy atom. The molecule has 5 heteroatoms. The minimum Gasteiger partial charge on any atom is -0.493 e. The number of likely N-dealkylation sites (tertiary alicyclic amines) is 1. The second kappa shape index (κ2) is 11.0. The average molecular weight is 384 g/mol. The van der Waals surface area contributed by atoms with Gasteiger partial charge in [0.25, 0.3) is 0 Å². The second-order valence-corrected chi connectivity index (χ2v) is 7.55. The monoisotopic (exact) mass is 383 g/mol. The summed E-state index contributed by atoms with van der Waals surface area (Å²) in [6, 6.07) is 10.1. The zero-order valence-electron chi connectivity index (χ0n) is 17.2. The number of hydrogen-bond donors (Lipinski definition) is 1. The molecule has 0 aliphatic carbocycles. The highest BCUT2D eigenvalue weighted by molar-refractivity contribution is 5.43. The highest BCUT2D eigenvalue weighted by Gasteiger charge is 2.18. The predicted molar refractivity (Wildman–Crippen MR) is 113 cm³/mol. The van der Waals surface area contributed by atoms with Crippen molar-refractivity contribution in [3.63, 3.8) is 0 Å². The van der Waals surface area contributed by atoms with Crippen molar-refractivity contribution in [3.05, 3.63) is 53.9 Å². The number of rotatable bonds is 10. The van der Waals surface area contributed by atoms with E-state index in [4.69, 9.17) is 9.47 Å². The van der Waals surface area contributed by atoms with E-state index in [1.165, 1.54) is 44.5 Å². The Morgan fingerprint density at radius 1 is 1.14 bits per heavy atom. The van der Waals surface area contributed by atoms with Crippen LogP contribution < -0.4 is 14.8 Å². The maximum atomic E-state index is 5.99. The molecule has 0 unspecified atom stereocenters. The Labute approximate surface area is 169 Å². The van der Waals surface area contributed by atoms with E-state index in [9.17, 15) is 0 Å². The van der Waals surface area contributed by atoms with Gasteiger partial charge in [-0.25, -0.2) is 0 Å². The summed E-state index contributed by atoms with van der Waals surface area (Å²) in [5.74, 6) is 2.32. The highest BCUT2D eigenvalue weighted by atomic mass is 16.5. The third-order valence-electron chi connectivity index (χ3n) is 5.35. The first-order chi connectivity index (χ1) is 13.8. The smallest absolute Gasteiger partial charge is 0.161 e. The lowest BCUT2D eigenvalue weighted by atomic mass is 9.96. The average Bonchev–Trinajstić information content (AvgIpc) is 2.74. The molecule has 0 atom stereocenters. The van der Waals surface area contributed by atoms with Gasteiger partial charge in [0.15, 0.2) is 11.5 Å². The van der Waals surface area contributed by atoms with Gasteiger partial charge in [-0.3, -0.25) is 4.98 Å². The normalized spacial score (nSPS) is 15.5. The number of ether oxygens (including phenoxy) is 2. The van der Waals surface area contributed by atoms with Gasteiger partial charge in [0.1, 0.15) is 6.61 Å². The maximum absolute atomic E-state index is 5.99. The molecule has 1 fully saturated rings. The fraction of sp³-hybridized carbons (Fsp3) is 0.522. The fourth-order valence-electron chi connectivity index (χ4n) is 3.74. The molecule has 1 saturated heterocycles. The van der Waals surface area contributed by atoms with Crippen LogP contribution in [0.4, 0.5) is 0 Å². The zero-order chi connectivity index (χ0) is 19.6. The van der Waals surface area contributed by atoms with Gasteiger partial charge < -0.3 is 19.7 Å². The quantitative estimate of drug-likeness (QED) is 0.675. The molecule has 1 N–H and O–H groups in total. The number of piperidine rings is 1. The number of pyridine rings is 1. The third kappa shape index (κ3) is 6.21. The molecule has 0 amide bonds. The van der Waals surface area contributed by atoms with E-state index in [0.29, 0.717) is 6.61 Å². The van der Waals surface area contributed by atoms with E-state index >= 15 is 0 Å². The number of nitrogens with one attached hydrogen (secondary N) is 1. The minimum atomic E-state index is 0.484.